The molecule has 2 heteroatoms. The van der Waals surface area contributed by atoms with Crippen molar-refractivity contribution < 1.29 is 9.47 Å². The zero-order chi connectivity index (χ0) is 9.57. The molecule has 0 N–H and O–H groups in total. The molecule has 0 amide bonds. The van der Waals surface area contributed by atoms with Gasteiger partial charge in [-0.3, -0.25) is 0 Å². The minimum Gasteiger partial charge on any atom is -0.502 e. The van der Waals surface area contributed by atoms with E-state index in [1.54, 1.807) is 0 Å². The Labute approximate surface area is 80.9 Å². The van der Waals surface area contributed by atoms with Gasteiger partial charge in [0.15, 0.2) is 0 Å². The van der Waals surface area contributed by atoms with Gasteiger partial charge in [-0.25, -0.2) is 0 Å². The summed E-state index contributed by atoms with van der Waals surface area (Å²) in [6, 6.07) is 0. The maximum atomic E-state index is 5.50. The molecule has 1 aliphatic heterocycles. The Hall–Kier alpha value is -0.500. The van der Waals surface area contributed by atoms with Gasteiger partial charge >= 0.3 is 0 Å². The van der Waals surface area contributed by atoms with Crippen molar-refractivity contribution in [2.75, 3.05) is 13.2 Å². The molecule has 0 aromatic heterocycles. The largest absolute Gasteiger partial charge is 0.502 e. The third-order valence-corrected chi connectivity index (χ3v) is 2.55. The molecule has 2 nitrogen and oxygen atoms in total. The van der Waals surface area contributed by atoms with Crippen LogP contribution in [-0.2, 0) is 9.47 Å². The average Bonchev–Trinajstić information content (AvgIpc) is 2.91. The molecule has 1 heterocycles. The van der Waals surface area contributed by atoms with Crippen molar-refractivity contribution in [1.82, 2.24) is 0 Å². The van der Waals surface area contributed by atoms with Gasteiger partial charge in [-0.15, -0.1) is 0 Å². The van der Waals surface area contributed by atoms with E-state index in [2.05, 4.69) is 13.5 Å². The molecule has 76 valence electrons. The summed E-state index contributed by atoms with van der Waals surface area (Å²) in [4.78, 5) is 0. The zero-order valence-corrected chi connectivity index (χ0v) is 8.55. The van der Waals surface area contributed by atoms with Crippen LogP contribution in [0.15, 0.2) is 12.8 Å². The molecule has 1 unspecified atom stereocenters. The smallest absolute Gasteiger partial charge is 0.0917 e. The van der Waals surface area contributed by atoms with E-state index in [0.29, 0.717) is 0 Å². The summed E-state index contributed by atoms with van der Waals surface area (Å²) in [5.74, 6) is 0. The van der Waals surface area contributed by atoms with Crippen LogP contribution in [0, 0.1) is 0 Å². The number of ether oxygens (including phenoxy) is 2. The number of unbranched alkanes of at least 4 members (excludes halogenated alkanes) is 1. The van der Waals surface area contributed by atoms with Crippen LogP contribution in [0.25, 0.3) is 0 Å². The predicted octanol–water partition coefficient (Wildman–Crippen LogP) is 2.89. The first kappa shape index (κ1) is 10.6. The molecule has 1 aliphatic rings. The summed E-state index contributed by atoms with van der Waals surface area (Å²) in [6.45, 7) is 7.46. The SMILES string of the molecule is C=COCCCC1(CCCC)CO1. The van der Waals surface area contributed by atoms with Gasteiger partial charge in [0, 0.05) is 0 Å². The van der Waals surface area contributed by atoms with E-state index < -0.39 is 0 Å². The van der Waals surface area contributed by atoms with Gasteiger partial charge in [-0.05, 0) is 19.3 Å². The lowest BCUT2D eigenvalue weighted by molar-refractivity contribution is 0.209. The quantitative estimate of drug-likeness (QED) is 0.329. The average molecular weight is 184 g/mol. The van der Waals surface area contributed by atoms with Crippen molar-refractivity contribution in [1.29, 1.82) is 0 Å². The van der Waals surface area contributed by atoms with Crippen LogP contribution in [-0.4, -0.2) is 18.8 Å². The molecule has 0 radical (unpaired) electrons. The molecule has 0 aliphatic carbocycles. The predicted molar refractivity (Wildman–Crippen MR) is 53.6 cm³/mol. The fourth-order valence-corrected chi connectivity index (χ4v) is 1.58. The Morgan fingerprint density at radius 2 is 2.15 bits per heavy atom. The van der Waals surface area contributed by atoms with Crippen molar-refractivity contribution in [2.24, 2.45) is 0 Å². The van der Waals surface area contributed by atoms with Crippen molar-refractivity contribution >= 4 is 0 Å². The lowest BCUT2D eigenvalue weighted by Crippen LogP contribution is -2.11. The van der Waals surface area contributed by atoms with Gasteiger partial charge in [0.1, 0.15) is 0 Å². The van der Waals surface area contributed by atoms with Crippen LogP contribution in [0.5, 0.6) is 0 Å². The van der Waals surface area contributed by atoms with Crippen LogP contribution in [0.4, 0.5) is 0 Å². The maximum Gasteiger partial charge on any atom is 0.0917 e. The topological polar surface area (TPSA) is 21.8 Å². The van der Waals surface area contributed by atoms with E-state index in [4.69, 9.17) is 9.47 Å². The van der Waals surface area contributed by atoms with E-state index >= 15 is 0 Å². The molecule has 13 heavy (non-hydrogen) atoms. The summed E-state index contributed by atoms with van der Waals surface area (Å²) in [7, 11) is 0. The van der Waals surface area contributed by atoms with E-state index in [1.165, 1.54) is 25.5 Å². The normalized spacial score (nSPS) is 25.6. The monoisotopic (exact) mass is 184 g/mol. The first-order valence-corrected chi connectivity index (χ1v) is 5.19. The van der Waals surface area contributed by atoms with Crippen molar-refractivity contribution in [2.45, 2.75) is 44.6 Å². The van der Waals surface area contributed by atoms with Crippen molar-refractivity contribution in [3.8, 4) is 0 Å². The van der Waals surface area contributed by atoms with Crippen LogP contribution >= 0.6 is 0 Å². The van der Waals surface area contributed by atoms with E-state index in [-0.39, 0.29) is 5.60 Å². The first-order valence-electron chi connectivity index (χ1n) is 5.19. The van der Waals surface area contributed by atoms with Crippen molar-refractivity contribution in [3.63, 3.8) is 0 Å². The molecule has 0 bridgehead atoms. The van der Waals surface area contributed by atoms with Crippen LogP contribution in [0.1, 0.15) is 39.0 Å². The van der Waals surface area contributed by atoms with Crippen LogP contribution < -0.4 is 0 Å². The summed E-state index contributed by atoms with van der Waals surface area (Å²) in [5.41, 5.74) is 0.237. The Morgan fingerprint density at radius 3 is 2.69 bits per heavy atom. The fraction of sp³-hybridized carbons (Fsp3) is 0.818. The second-order valence-electron chi connectivity index (χ2n) is 3.72. The number of hydrogen-bond acceptors (Lipinski definition) is 2. The highest BCUT2D eigenvalue weighted by atomic mass is 16.6. The molecule has 1 atom stereocenters. The van der Waals surface area contributed by atoms with Gasteiger partial charge in [0.25, 0.3) is 0 Å². The Morgan fingerprint density at radius 1 is 1.46 bits per heavy atom. The summed E-state index contributed by atoms with van der Waals surface area (Å²) in [5, 5.41) is 0. The van der Waals surface area contributed by atoms with Crippen LogP contribution in [0.2, 0.25) is 0 Å². The minimum atomic E-state index is 0.237. The molecular weight excluding hydrogens is 164 g/mol. The lowest BCUT2D eigenvalue weighted by Gasteiger charge is -2.10. The Balaban J connectivity index is 2.02. The molecule has 0 spiro atoms. The number of hydrogen-bond donors (Lipinski definition) is 0. The highest BCUT2D eigenvalue weighted by Gasteiger charge is 2.42. The van der Waals surface area contributed by atoms with Gasteiger partial charge in [-0.1, -0.05) is 26.3 Å². The zero-order valence-electron chi connectivity index (χ0n) is 8.55. The van der Waals surface area contributed by atoms with E-state index in [1.807, 2.05) is 0 Å². The van der Waals surface area contributed by atoms with Gasteiger partial charge in [0.05, 0.1) is 25.1 Å². The highest BCUT2D eigenvalue weighted by molar-refractivity contribution is 4.91. The van der Waals surface area contributed by atoms with Crippen molar-refractivity contribution in [3.05, 3.63) is 12.8 Å². The Bertz CT molecular complexity index is 150. The highest BCUT2D eigenvalue weighted by Crippen LogP contribution is 2.37. The summed E-state index contributed by atoms with van der Waals surface area (Å²) >= 11 is 0. The molecule has 1 saturated heterocycles. The fourth-order valence-electron chi connectivity index (χ4n) is 1.58. The molecule has 0 saturated carbocycles. The van der Waals surface area contributed by atoms with Gasteiger partial charge in [0.2, 0.25) is 0 Å². The summed E-state index contributed by atoms with van der Waals surface area (Å²) in [6.07, 6.45) is 7.48. The third kappa shape index (κ3) is 3.81. The van der Waals surface area contributed by atoms with Gasteiger partial charge in [-0.2, -0.15) is 0 Å². The van der Waals surface area contributed by atoms with Gasteiger partial charge < -0.3 is 9.47 Å². The third-order valence-electron chi connectivity index (χ3n) is 2.55. The lowest BCUT2D eigenvalue weighted by atomic mass is 9.98. The molecule has 1 fully saturated rings. The first-order chi connectivity index (χ1) is 6.33. The maximum absolute atomic E-state index is 5.50. The second-order valence-corrected chi connectivity index (χ2v) is 3.72. The standard InChI is InChI=1S/C11H20O2/c1-3-5-7-11(10-13-11)8-6-9-12-4-2/h4H,2-3,5-10H2,1H3. The van der Waals surface area contributed by atoms with E-state index in [9.17, 15) is 0 Å². The molecule has 1 rings (SSSR count). The minimum absolute atomic E-state index is 0.237. The summed E-state index contributed by atoms with van der Waals surface area (Å²) < 4.78 is 10.6. The molecule has 0 aromatic rings. The Kier molecular flexibility index (Phi) is 4.29. The molecular formula is C11H20O2. The van der Waals surface area contributed by atoms with Crippen LogP contribution in [0.3, 0.4) is 0 Å². The van der Waals surface area contributed by atoms with E-state index in [0.717, 1.165) is 26.1 Å². The second kappa shape index (κ2) is 5.28. The number of epoxide rings is 1. The molecule has 0 aromatic carbocycles. The number of rotatable bonds is 8.